The van der Waals surface area contributed by atoms with E-state index < -0.39 is 0 Å². The van der Waals surface area contributed by atoms with Crippen LogP contribution in [0.3, 0.4) is 0 Å². The second kappa shape index (κ2) is 5.08. The Kier molecular flexibility index (Phi) is 3.12. The van der Waals surface area contributed by atoms with E-state index in [9.17, 15) is 4.79 Å². The Morgan fingerprint density at radius 3 is 2.75 bits per heavy atom. The lowest BCUT2D eigenvalue weighted by Crippen LogP contribution is -2.20. The molecule has 0 atom stereocenters. The molecule has 0 aliphatic heterocycles. The fraction of sp³-hybridized carbons (Fsp3) is 0.143. The van der Waals surface area contributed by atoms with Crippen LogP contribution in [0, 0.1) is 6.92 Å². The highest BCUT2D eigenvalue weighted by Crippen LogP contribution is 2.15. The number of hydrogen-bond acceptors (Lipinski definition) is 4. The number of carbonyl (C=O) groups excluding carboxylic acids is 1. The number of hydrogen-bond donors (Lipinski definition) is 1. The number of fused-ring (bicyclic) bond motifs is 1. The Morgan fingerprint density at radius 1 is 1.20 bits per heavy atom. The van der Waals surface area contributed by atoms with E-state index in [4.69, 9.17) is 0 Å². The van der Waals surface area contributed by atoms with Crippen LogP contribution in [0.5, 0.6) is 0 Å². The molecule has 0 bridgehead atoms. The zero-order valence-corrected chi connectivity index (χ0v) is 10.9. The van der Waals surface area contributed by atoms with Crippen molar-refractivity contribution in [3.63, 3.8) is 0 Å². The van der Waals surface area contributed by atoms with Gasteiger partial charge in [-0.05, 0) is 25.1 Å². The smallest absolute Gasteiger partial charge is 0.246 e. The molecule has 3 rings (SSSR count). The maximum atomic E-state index is 12.0. The molecule has 100 valence electrons. The first-order valence-electron chi connectivity index (χ1n) is 6.23. The molecule has 1 amide bonds. The van der Waals surface area contributed by atoms with Gasteiger partial charge in [0, 0.05) is 12.4 Å². The number of carbonyl (C=O) groups is 1. The van der Waals surface area contributed by atoms with Crippen molar-refractivity contribution in [2.75, 3.05) is 5.32 Å². The van der Waals surface area contributed by atoms with Gasteiger partial charge in [0.15, 0.2) is 0 Å². The van der Waals surface area contributed by atoms with E-state index in [2.05, 4.69) is 20.3 Å². The van der Waals surface area contributed by atoms with Gasteiger partial charge in [0.1, 0.15) is 12.4 Å². The normalized spacial score (nSPS) is 10.7. The van der Waals surface area contributed by atoms with E-state index >= 15 is 0 Å². The molecule has 3 aromatic rings. The minimum absolute atomic E-state index is 0.178. The van der Waals surface area contributed by atoms with Crippen molar-refractivity contribution in [2.24, 2.45) is 0 Å². The minimum Gasteiger partial charge on any atom is -0.319 e. The van der Waals surface area contributed by atoms with E-state index in [1.807, 2.05) is 35.8 Å². The molecule has 2 aromatic heterocycles. The fourth-order valence-corrected chi connectivity index (χ4v) is 2.07. The van der Waals surface area contributed by atoms with Crippen LogP contribution < -0.4 is 5.32 Å². The largest absolute Gasteiger partial charge is 0.319 e. The summed E-state index contributed by atoms with van der Waals surface area (Å²) in [5.74, 6) is 0.928. The summed E-state index contributed by atoms with van der Waals surface area (Å²) in [5, 5.41) is 2.66. The maximum absolute atomic E-state index is 12.0. The molecule has 20 heavy (non-hydrogen) atoms. The lowest BCUT2D eigenvalue weighted by molar-refractivity contribution is -0.116. The first-order valence-corrected chi connectivity index (χ1v) is 6.23. The number of anilines is 1. The predicted octanol–water partition coefficient (Wildman–Crippen LogP) is 1.77. The summed E-state index contributed by atoms with van der Waals surface area (Å²) in [6, 6.07) is 9.43. The first-order chi connectivity index (χ1) is 9.74. The number of imidazole rings is 1. The monoisotopic (exact) mass is 267 g/mol. The Morgan fingerprint density at radius 2 is 1.95 bits per heavy atom. The van der Waals surface area contributed by atoms with Crippen molar-refractivity contribution in [3.8, 4) is 0 Å². The average Bonchev–Trinajstić information content (AvgIpc) is 2.76. The van der Waals surface area contributed by atoms with Gasteiger partial charge in [-0.1, -0.05) is 12.1 Å². The van der Waals surface area contributed by atoms with E-state index in [1.54, 1.807) is 18.5 Å². The van der Waals surface area contributed by atoms with Gasteiger partial charge in [0.2, 0.25) is 11.9 Å². The van der Waals surface area contributed by atoms with Crippen molar-refractivity contribution < 1.29 is 4.79 Å². The van der Waals surface area contributed by atoms with Crippen molar-refractivity contribution >= 4 is 22.9 Å². The van der Waals surface area contributed by atoms with Crippen LogP contribution in [0.1, 0.15) is 5.82 Å². The van der Waals surface area contributed by atoms with Gasteiger partial charge in [0.25, 0.3) is 0 Å². The highest BCUT2D eigenvalue weighted by Gasteiger charge is 2.11. The van der Waals surface area contributed by atoms with Gasteiger partial charge in [-0.25, -0.2) is 15.0 Å². The zero-order chi connectivity index (χ0) is 13.9. The number of nitrogens with one attached hydrogen (secondary N) is 1. The molecule has 0 aliphatic rings. The number of nitrogens with zero attached hydrogens (tertiary/aromatic N) is 4. The highest BCUT2D eigenvalue weighted by atomic mass is 16.2. The highest BCUT2D eigenvalue weighted by molar-refractivity contribution is 5.90. The molecule has 6 nitrogen and oxygen atoms in total. The molecule has 1 N–H and O–H groups in total. The third-order valence-electron chi connectivity index (χ3n) is 2.96. The summed E-state index contributed by atoms with van der Waals surface area (Å²) in [4.78, 5) is 24.4. The van der Waals surface area contributed by atoms with Crippen molar-refractivity contribution in [1.82, 2.24) is 19.5 Å². The summed E-state index contributed by atoms with van der Waals surface area (Å²) in [5.41, 5.74) is 1.82. The predicted molar refractivity (Wildman–Crippen MR) is 75.1 cm³/mol. The van der Waals surface area contributed by atoms with Gasteiger partial charge < -0.3 is 4.57 Å². The molecule has 0 saturated carbocycles. The SMILES string of the molecule is Cc1nc2ccccc2n1CC(=O)Nc1ncccn1. The average molecular weight is 267 g/mol. The molecule has 0 fully saturated rings. The van der Waals surface area contributed by atoms with Crippen LogP contribution in [0.25, 0.3) is 11.0 Å². The maximum Gasteiger partial charge on any atom is 0.246 e. The van der Waals surface area contributed by atoms with Crippen molar-refractivity contribution in [2.45, 2.75) is 13.5 Å². The molecule has 0 aliphatic carbocycles. The summed E-state index contributed by atoms with van der Waals surface area (Å²) >= 11 is 0. The molecular formula is C14H13N5O. The molecule has 0 saturated heterocycles. The number of aromatic nitrogens is 4. The summed E-state index contributed by atoms with van der Waals surface area (Å²) < 4.78 is 1.87. The Hall–Kier alpha value is -2.76. The van der Waals surface area contributed by atoms with Gasteiger partial charge >= 0.3 is 0 Å². The second-order valence-electron chi connectivity index (χ2n) is 4.35. The molecule has 0 spiro atoms. The molecule has 1 aromatic carbocycles. The summed E-state index contributed by atoms with van der Waals surface area (Å²) in [7, 11) is 0. The number of rotatable bonds is 3. The minimum atomic E-state index is -0.178. The van der Waals surface area contributed by atoms with E-state index in [0.717, 1.165) is 16.9 Å². The van der Waals surface area contributed by atoms with Crippen LogP contribution in [0.4, 0.5) is 5.95 Å². The lowest BCUT2D eigenvalue weighted by atomic mass is 10.3. The first kappa shape index (κ1) is 12.3. The zero-order valence-electron chi connectivity index (χ0n) is 10.9. The molecule has 6 heteroatoms. The molecule has 0 unspecified atom stereocenters. The van der Waals surface area contributed by atoms with Gasteiger partial charge in [-0.2, -0.15) is 0 Å². The third kappa shape index (κ3) is 2.35. The molecule has 0 radical (unpaired) electrons. The summed E-state index contributed by atoms with van der Waals surface area (Å²) in [6.45, 7) is 2.07. The van der Waals surface area contributed by atoms with Crippen LogP contribution >= 0.6 is 0 Å². The van der Waals surface area contributed by atoms with Crippen LogP contribution in [0.15, 0.2) is 42.7 Å². The van der Waals surface area contributed by atoms with Crippen molar-refractivity contribution in [3.05, 3.63) is 48.5 Å². The Labute approximate surface area is 115 Å². The van der Waals surface area contributed by atoms with E-state index in [-0.39, 0.29) is 12.5 Å². The summed E-state index contributed by atoms with van der Waals surface area (Å²) in [6.07, 6.45) is 3.17. The Balaban J connectivity index is 1.83. The van der Waals surface area contributed by atoms with Crippen molar-refractivity contribution in [1.29, 1.82) is 0 Å². The lowest BCUT2D eigenvalue weighted by Gasteiger charge is -2.07. The van der Waals surface area contributed by atoms with Crippen LogP contribution in [-0.4, -0.2) is 25.4 Å². The molecular weight excluding hydrogens is 254 g/mol. The number of benzene rings is 1. The quantitative estimate of drug-likeness (QED) is 0.785. The van der Waals surface area contributed by atoms with Gasteiger partial charge in [0.05, 0.1) is 11.0 Å². The standard InChI is InChI=1S/C14H13N5O/c1-10-17-11-5-2-3-6-12(11)19(10)9-13(20)18-14-15-7-4-8-16-14/h2-8H,9H2,1H3,(H,15,16,18,20). The third-order valence-corrected chi connectivity index (χ3v) is 2.96. The number of aryl methyl sites for hydroxylation is 1. The fourth-order valence-electron chi connectivity index (χ4n) is 2.07. The topological polar surface area (TPSA) is 72.7 Å². The van der Waals surface area contributed by atoms with E-state index in [1.165, 1.54) is 0 Å². The van der Waals surface area contributed by atoms with Gasteiger partial charge in [-0.3, -0.25) is 10.1 Å². The molecule has 2 heterocycles. The van der Waals surface area contributed by atoms with Crippen LogP contribution in [0.2, 0.25) is 0 Å². The van der Waals surface area contributed by atoms with Gasteiger partial charge in [-0.15, -0.1) is 0 Å². The van der Waals surface area contributed by atoms with Crippen LogP contribution in [-0.2, 0) is 11.3 Å². The number of amides is 1. The Bertz CT molecular complexity index is 751. The van der Waals surface area contributed by atoms with E-state index in [0.29, 0.717) is 5.95 Å². The second-order valence-corrected chi connectivity index (χ2v) is 4.35. The number of para-hydroxylation sites is 2.